The summed E-state index contributed by atoms with van der Waals surface area (Å²) in [5.41, 5.74) is 0.902. The molecule has 2 heterocycles. The standard InChI is InChI=1S/C16H20F3NO2/c1-12-8-14(16(17,18)19)3-2-13(12)9-20-5-7-22-11-15(20)4-6-21-10-15/h2-3,8H,4-7,9-11H2,1H3. The predicted molar refractivity (Wildman–Crippen MR) is 75.6 cm³/mol. The zero-order chi connectivity index (χ0) is 15.8. The van der Waals surface area contributed by atoms with Crippen LogP contribution in [0.25, 0.3) is 0 Å². The summed E-state index contributed by atoms with van der Waals surface area (Å²) >= 11 is 0. The highest BCUT2D eigenvalue weighted by Gasteiger charge is 2.43. The lowest BCUT2D eigenvalue weighted by molar-refractivity contribution is -0.137. The molecule has 6 heteroatoms. The third-order valence-corrected chi connectivity index (χ3v) is 4.66. The number of hydrogen-bond acceptors (Lipinski definition) is 3. The second-order valence-electron chi connectivity index (χ2n) is 6.14. The molecule has 2 aliphatic rings. The molecule has 0 aliphatic carbocycles. The Hall–Kier alpha value is -1.11. The first kappa shape index (κ1) is 15.8. The van der Waals surface area contributed by atoms with Gasteiger partial charge in [0.2, 0.25) is 0 Å². The van der Waals surface area contributed by atoms with E-state index in [9.17, 15) is 13.2 Å². The number of morpholine rings is 1. The van der Waals surface area contributed by atoms with Crippen molar-refractivity contribution in [2.75, 3.05) is 33.0 Å². The number of aryl methyl sites for hydroxylation is 1. The molecule has 1 unspecified atom stereocenters. The smallest absolute Gasteiger partial charge is 0.379 e. The fraction of sp³-hybridized carbons (Fsp3) is 0.625. The normalized spacial score (nSPS) is 26.7. The highest BCUT2D eigenvalue weighted by atomic mass is 19.4. The van der Waals surface area contributed by atoms with Crippen molar-refractivity contribution in [3.05, 3.63) is 34.9 Å². The molecule has 1 aromatic rings. The van der Waals surface area contributed by atoms with Gasteiger partial charge in [-0.05, 0) is 36.6 Å². The molecule has 22 heavy (non-hydrogen) atoms. The molecule has 2 aliphatic heterocycles. The summed E-state index contributed by atoms with van der Waals surface area (Å²) in [5, 5.41) is 0. The molecule has 0 saturated carbocycles. The Morgan fingerprint density at radius 2 is 1.91 bits per heavy atom. The molecule has 122 valence electrons. The molecular formula is C16H20F3NO2. The molecule has 0 bridgehead atoms. The molecule has 0 amide bonds. The lowest BCUT2D eigenvalue weighted by atomic mass is 9.94. The molecule has 2 saturated heterocycles. The fourth-order valence-corrected chi connectivity index (χ4v) is 3.23. The van der Waals surface area contributed by atoms with Crippen LogP contribution in [0.1, 0.15) is 23.1 Å². The Bertz CT molecular complexity index is 539. The van der Waals surface area contributed by atoms with Crippen LogP contribution in [-0.2, 0) is 22.2 Å². The monoisotopic (exact) mass is 315 g/mol. The highest BCUT2D eigenvalue weighted by molar-refractivity contribution is 5.32. The van der Waals surface area contributed by atoms with E-state index < -0.39 is 11.7 Å². The number of rotatable bonds is 2. The minimum atomic E-state index is -4.29. The minimum absolute atomic E-state index is 0.118. The SMILES string of the molecule is Cc1cc(C(F)(F)F)ccc1CN1CCOCC12CCOC2. The van der Waals surface area contributed by atoms with E-state index in [-0.39, 0.29) is 5.54 Å². The summed E-state index contributed by atoms with van der Waals surface area (Å²) in [6, 6.07) is 3.99. The van der Waals surface area contributed by atoms with Crippen molar-refractivity contribution >= 4 is 0 Å². The minimum Gasteiger partial charge on any atom is -0.379 e. The average Bonchev–Trinajstić information content (AvgIpc) is 2.91. The lowest BCUT2D eigenvalue weighted by Crippen LogP contribution is -2.56. The van der Waals surface area contributed by atoms with Gasteiger partial charge < -0.3 is 9.47 Å². The van der Waals surface area contributed by atoms with Crippen LogP contribution in [0.3, 0.4) is 0 Å². The van der Waals surface area contributed by atoms with Gasteiger partial charge in [0.15, 0.2) is 0 Å². The van der Waals surface area contributed by atoms with Crippen LogP contribution in [0, 0.1) is 6.92 Å². The summed E-state index contributed by atoms with van der Waals surface area (Å²) in [6.07, 6.45) is -3.38. The van der Waals surface area contributed by atoms with E-state index in [0.29, 0.717) is 38.5 Å². The first-order valence-corrected chi connectivity index (χ1v) is 7.48. The molecule has 3 rings (SSSR count). The van der Waals surface area contributed by atoms with Gasteiger partial charge in [0.1, 0.15) is 0 Å². The Balaban J connectivity index is 1.80. The van der Waals surface area contributed by atoms with Crippen LogP contribution in [0.15, 0.2) is 18.2 Å². The number of halogens is 3. The average molecular weight is 315 g/mol. The third-order valence-electron chi connectivity index (χ3n) is 4.66. The van der Waals surface area contributed by atoms with Crippen molar-refractivity contribution in [3.8, 4) is 0 Å². The molecule has 0 N–H and O–H groups in total. The molecule has 1 aromatic carbocycles. The summed E-state index contributed by atoms with van der Waals surface area (Å²) < 4.78 is 49.4. The second-order valence-corrected chi connectivity index (χ2v) is 6.14. The van der Waals surface area contributed by atoms with E-state index in [1.807, 2.05) is 0 Å². The summed E-state index contributed by atoms with van der Waals surface area (Å²) in [7, 11) is 0. The van der Waals surface area contributed by atoms with Crippen LogP contribution in [0.5, 0.6) is 0 Å². The molecule has 0 aromatic heterocycles. The quantitative estimate of drug-likeness (QED) is 0.837. The Kier molecular flexibility index (Phi) is 4.18. The Morgan fingerprint density at radius 1 is 1.18 bits per heavy atom. The van der Waals surface area contributed by atoms with E-state index >= 15 is 0 Å². The number of hydrogen-bond donors (Lipinski definition) is 0. The van der Waals surface area contributed by atoms with Gasteiger partial charge in [0.05, 0.1) is 30.9 Å². The van der Waals surface area contributed by atoms with Gasteiger partial charge in [-0.3, -0.25) is 4.90 Å². The largest absolute Gasteiger partial charge is 0.416 e. The highest BCUT2D eigenvalue weighted by Crippen LogP contribution is 2.33. The van der Waals surface area contributed by atoms with Crippen molar-refractivity contribution in [1.29, 1.82) is 0 Å². The lowest BCUT2D eigenvalue weighted by Gasteiger charge is -2.43. The van der Waals surface area contributed by atoms with Gasteiger partial charge in [0, 0.05) is 19.7 Å². The molecule has 1 atom stereocenters. The molecule has 3 nitrogen and oxygen atoms in total. The zero-order valence-electron chi connectivity index (χ0n) is 12.6. The van der Waals surface area contributed by atoms with Crippen LogP contribution < -0.4 is 0 Å². The first-order valence-electron chi connectivity index (χ1n) is 7.48. The number of nitrogens with zero attached hydrogens (tertiary/aromatic N) is 1. The van der Waals surface area contributed by atoms with E-state index in [2.05, 4.69) is 4.90 Å². The number of benzene rings is 1. The second kappa shape index (κ2) is 5.83. The van der Waals surface area contributed by atoms with E-state index in [0.717, 1.165) is 18.5 Å². The molecule has 2 fully saturated rings. The summed E-state index contributed by atoms with van der Waals surface area (Å²) in [5.74, 6) is 0. The van der Waals surface area contributed by atoms with Crippen LogP contribution in [-0.4, -0.2) is 43.4 Å². The van der Waals surface area contributed by atoms with E-state index in [1.165, 1.54) is 12.1 Å². The van der Waals surface area contributed by atoms with Gasteiger partial charge in [-0.15, -0.1) is 0 Å². The third kappa shape index (κ3) is 3.00. The maximum atomic E-state index is 12.8. The van der Waals surface area contributed by atoms with Gasteiger partial charge in [-0.2, -0.15) is 13.2 Å². The van der Waals surface area contributed by atoms with Gasteiger partial charge in [0.25, 0.3) is 0 Å². The van der Waals surface area contributed by atoms with Gasteiger partial charge in [-0.25, -0.2) is 0 Å². The summed E-state index contributed by atoms with van der Waals surface area (Å²) in [4.78, 5) is 2.30. The molecule has 1 spiro atoms. The van der Waals surface area contributed by atoms with Crippen molar-refractivity contribution < 1.29 is 22.6 Å². The zero-order valence-corrected chi connectivity index (χ0v) is 12.6. The Labute approximate surface area is 128 Å². The Morgan fingerprint density at radius 3 is 2.55 bits per heavy atom. The summed E-state index contributed by atoms with van der Waals surface area (Å²) in [6.45, 7) is 5.79. The van der Waals surface area contributed by atoms with E-state index in [4.69, 9.17) is 9.47 Å². The number of ether oxygens (including phenoxy) is 2. The maximum Gasteiger partial charge on any atom is 0.416 e. The van der Waals surface area contributed by atoms with Crippen molar-refractivity contribution in [3.63, 3.8) is 0 Å². The molecule has 0 radical (unpaired) electrons. The van der Waals surface area contributed by atoms with Crippen LogP contribution in [0.4, 0.5) is 13.2 Å². The van der Waals surface area contributed by atoms with E-state index in [1.54, 1.807) is 13.0 Å². The maximum absolute atomic E-state index is 12.8. The first-order chi connectivity index (χ1) is 10.4. The van der Waals surface area contributed by atoms with Gasteiger partial charge in [-0.1, -0.05) is 6.07 Å². The van der Waals surface area contributed by atoms with Crippen LogP contribution >= 0.6 is 0 Å². The molecular weight excluding hydrogens is 295 g/mol. The topological polar surface area (TPSA) is 21.7 Å². The fourth-order valence-electron chi connectivity index (χ4n) is 3.23. The van der Waals surface area contributed by atoms with Crippen molar-refractivity contribution in [1.82, 2.24) is 4.90 Å². The van der Waals surface area contributed by atoms with Crippen LogP contribution in [0.2, 0.25) is 0 Å². The predicted octanol–water partition coefficient (Wildman–Crippen LogP) is 3.01. The van der Waals surface area contributed by atoms with Crippen molar-refractivity contribution in [2.45, 2.75) is 31.6 Å². The van der Waals surface area contributed by atoms with Crippen molar-refractivity contribution in [2.24, 2.45) is 0 Å². The van der Waals surface area contributed by atoms with Gasteiger partial charge >= 0.3 is 6.18 Å². The number of alkyl halides is 3.